The average molecular weight is 234 g/mol. The van der Waals surface area contributed by atoms with E-state index in [2.05, 4.69) is 6.92 Å². The Morgan fingerprint density at radius 2 is 2.07 bits per heavy atom. The second-order valence-electron chi connectivity index (χ2n) is 3.15. The zero-order valence-electron chi connectivity index (χ0n) is 8.06. The van der Waals surface area contributed by atoms with Crippen LogP contribution < -0.4 is 0 Å². The van der Waals surface area contributed by atoms with Crippen molar-refractivity contribution < 1.29 is 13.0 Å². The number of unbranched alkanes of at least 4 members (excludes halogenated alkanes) is 2. The van der Waals surface area contributed by atoms with Gasteiger partial charge in [-0.1, -0.05) is 19.8 Å². The molecule has 0 fully saturated rings. The zero-order chi connectivity index (χ0) is 10.6. The van der Waals surface area contributed by atoms with Gasteiger partial charge in [-0.2, -0.15) is 8.42 Å². The van der Waals surface area contributed by atoms with Crippen LogP contribution in [0.5, 0.6) is 0 Å². The van der Waals surface area contributed by atoms with Crippen LogP contribution in [0, 0.1) is 0 Å². The van der Waals surface area contributed by atoms with Crippen molar-refractivity contribution >= 4 is 21.5 Å². The predicted octanol–water partition coefficient (Wildman–Crippen LogP) is 2.73. The van der Waals surface area contributed by atoms with Crippen LogP contribution in [0.2, 0.25) is 0 Å². The maximum absolute atomic E-state index is 10.7. The third-order valence-corrected chi connectivity index (χ3v) is 4.38. The van der Waals surface area contributed by atoms with Crippen LogP contribution in [0.4, 0.5) is 0 Å². The molecule has 0 aliphatic rings. The predicted molar refractivity (Wildman–Crippen MR) is 57.4 cm³/mol. The molecule has 3 nitrogen and oxygen atoms in total. The van der Waals surface area contributed by atoms with Crippen LogP contribution in [0.3, 0.4) is 0 Å². The molecule has 14 heavy (non-hydrogen) atoms. The largest absolute Gasteiger partial charge is 0.304 e. The van der Waals surface area contributed by atoms with Crippen LogP contribution in [0.25, 0.3) is 0 Å². The van der Waals surface area contributed by atoms with Crippen molar-refractivity contribution in [3.8, 4) is 0 Å². The van der Waals surface area contributed by atoms with E-state index in [1.54, 1.807) is 6.07 Å². The first-order chi connectivity index (χ1) is 6.54. The van der Waals surface area contributed by atoms with Crippen LogP contribution in [-0.4, -0.2) is 13.0 Å². The standard InChI is InChI=1S/C9H14O3S2/c1-2-3-4-5-8-6-7-9(13-8)14(10,11)12/h6-7H,2-5H2,1H3,(H,10,11,12). The number of hydrogen-bond acceptors (Lipinski definition) is 3. The van der Waals surface area contributed by atoms with Crippen molar-refractivity contribution in [2.45, 2.75) is 36.8 Å². The van der Waals surface area contributed by atoms with Gasteiger partial charge >= 0.3 is 10.1 Å². The van der Waals surface area contributed by atoms with E-state index in [0.29, 0.717) is 0 Å². The molecule has 0 aliphatic heterocycles. The fourth-order valence-corrected chi connectivity index (χ4v) is 2.94. The first kappa shape index (κ1) is 11.7. The molecule has 80 valence electrons. The molecule has 0 unspecified atom stereocenters. The molecule has 1 N–H and O–H groups in total. The van der Waals surface area contributed by atoms with E-state index in [4.69, 9.17) is 4.55 Å². The molecule has 0 saturated carbocycles. The highest BCUT2D eigenvalue weighted by molar-refractivity contribution is 7.88. The van der Waals surface area contributed by atoms with E-state index in [9.17, 15) is 8.42 Å². The minimum absolute atomic E-state index is 0.0454. The molecule has 0 atom stereocenters. The second-order valence-corrected chi connectivity index (χ2v) is 5.97. The van der Waals surface area contributed by atoms with Crippen molar-refractivity contribution in [3.63, 3.8) is 0 Å². The molecular weight excluding hydrogens is 220 g/mol. The molecule has 0 bridgehead atoms. The first-order valence-corrected chi connectivity index (χ1v) is 6.86. The zero-order valence-corrected chi connectivity index (χ0v) is 9.70. The number of hydrogen-bond donors (Lipinski definition) is 1. The summed E-state index contributed by atoms with van der Waals surface area (Å²) in [7, 11) is -3.99. The SMILES string of the molecule is CCCCCc1ccc(S(=O)(=O)O)s1. The summed E-state index contributed by atoms with van der Waals surface area (Å²) in [6.07, 6.45) is 4.27. The summed E-state index contributed by atoms with van der Waals surface area (Å²) in [6, 6.07) is 3.23. The van der Waals surface area contributed by atoms with Gasteiger partial charge < -0.3 is 0 Å². The van der Waals surface area contributed by atoms with Gasteiger partial charge in [-0.15, -0.1) is 11.3 Å². The lowest BCUT2D eigenvalue weighted by atomic mass is 10.2. The number of thiophene rings is 1. The van der Waals surface area contributed by atoms with Crippen LogP contribution >= 0.6 is 11.3 Å². The van der Waals surface area contributed by atoms with E-state index in [1.165, 1.54) is 6.07 Å². The molecule has 1 aromatic rings. The van der Waals surface area contributed by atoms with Gasteiger partial charge in [-0.25, -0.2) is 0 Å². The summed E-state index contributed by atoms with van der Waals surface area (Å²) in [5, 5.41) is 0. The Morgan fingerprint density at radius 3 is 2.57 bits per heavy atom. The van der Waals surface area contributed by atoms with Crippen molar-refractivity contribution in [1.29, 1.82) is 0 Å². The third-order valence-electron chi connectivity index (χ3n) is 1.92. The average Bonchev–Trinajstić information content (AvgIpc) is 2.52. The van der Waals surface area contributed by atoms with Gasteiger partial charge in [0.25, 0.3) is 0 Å². The number of aryl methyl sites for hydroxylation is 1. The Bertz CT molecular complexity index is 379. The Morgan fingerprint density at radius 1 is 1.36 bits per heavy atom. The summed E-state index contributed by atoms with van der Waals surface area (Å²) in [6.45, 7) is 2.12. The number of rotatable bonds is 5. The van der Waals surface area contributed by atoms with E-state index in [0.717, 1.165) is 41.9 Å². The van der Waals surface area contributed by atoms with Gasteiger partial charge in [-0.05, 0) is 25.0 Å². The van der Waals surface area contributed by atoms with Crippen molar-refractivity contribution in [3.05, 3.63) is 17.0 Å². The van der Waals surface area contributed by atoms with Gasteiger partial charge in [0.05, 0.1) is 0 Å². The Balaban J connectivity index is 2.60. The second kappa shape index (κ2) is 4.91. The Hall–Kier alpha value is -0.390. The van der Waals surface area contributed by atoms with Crippen molar-refractivity contribution in [2.24, 2.45) is 0 Å². The lowest BCUT2D eigenvalue weighted by molar-refractivity contribution is 0.485. The molecule has 0 spiro atoms. The summed E-state index contributed by atoms with van der Waals surface area (Å²) in [5.74, 6) is 0. The fraction of sp³-hybridized carbons (Fsp3) is 0.556. The summed E-state index contributed by atoms with van der Waals surface area (Å²) < 4.78 is 30.3. The van der Waals surface area contributed by atoms with Crippen LogP contribution in [-0.2, 0) is 16.5 Å². The molecular formula is C9H14O3S2. The van der Waals surface area contributed by atoms with E-state index in [-0.39, 0.29) is 4.21 Å². The Labute approximate surface area is 88.5 Å². The molecule has 0 aliphatic carbocycles. The summed E-state index contributed by atoms with van der Waals surface area (Å²) >= 11 is 1.15. The molecule has 1 rings (SSSR count). The van der Waals surface area contributed by atoms with Crippen LogP contribution in [0.15, 0.2) is 16.3 Å². The lowest BCUT2D eigenvalue weighted by Crippen LogP contribution is -1.93. The normalized spacial score (nSPS) is 11.9. The van der Waals surface area contributed by atoms with Crippen LogP contribution in [0.1, 0.15) is 31.1 Å². The fourth-order valence-electron chi connectivity index (χ4n) is 1.18. The van der Waals surface area contributed by atoms with Gasteiger partial charge in [-0.3, -0.25) is 4.55 Å². The Kier molecular flexibility index (Phi) is 4.10. The molecule has 1 aromatic heterocycles. The van der Waals surface area contributed by atoms with Crippen molar-refractivity contribution in [2.75, 3.05) is 0 Å². The molecule has 0 amide bonds. The minimum atomic E-state index is -3.99. The first-order valence-electron chi connectivity index (χ1n) is 4.60. The summed E-state index contributed by atoms with van der Waals surface area (Å²) in [4.78, 5) is 1.02. The summed E-state index contributed by atoms with van der Waals surface area (Å²) in [5.41, 5.74) is 0. The quantitative estimate of drug-likeness (QED) is 0.629. The highest BCUT2D eigenvalue weighted by Crippen LogP contribution is 2.22. The maximum atomic E-state index is 10.7. The highest BCUT2D eigenvalue weighted by atomic mass is 32.3. The van der Waals surface area contributed by atoms with E-state index >= 15 is 0 Å². The molecule has 0 aromatic carbocycles. The third kappa shape index (κ3) is 3.40. The van der Waals surface area contributed by atoms with Gasteiger partial charge in [0, 0.05) is 4.88 Å². The minimum Gasteiger partial charge on any atom is -0.281 e. The molecule has 0 radical (unpaired) electrons. The smallest absolute Gasteiger partial charge is 0.281 e. The highest BCUT2D eigenvalue weighted by Gasteiger charge is 2.12. The topological polar surface area (TPSA) is 54.4 Å². The molecule has 5 heteroatoms. The van der Waals surface area contributed by atoms with Gasteiger partial charge in [0.1, 0.15) is 4.21 Å². The molecule has 0 saturated heterocycles. The van der Waals surface area contributed by atoms with Gasteiger partial charge in [0.2, 0.25) is 0 Å². The maximum Gasteiger partial charge on any atom is 0.304 e. The van der Waals surface area contributed by atoms with E-state index < -0.39 is 10.1 Å². The van der Waals surface area contributed by atoms with E-state index in [1.807, 2.05) is 0 Å². The lowest BCUT2D eigenvalue weighted by Gasteiger charge is -1.94. The van der Waals surface area contributed by atoms with Gasteiger partial charge in [0.15, 0.2) is 0 Å². The monoisotopic (exact) mass is 234 g/mol. The van der Waals surface area contributed by atoms with Crippen molar-refractivity contribution in [1.82, 2.24) is 0 Å². The molecule has 1 heterocycles.